The standard InChI is InChI=1S/C20H18BrN5O2S/c1-2-24(11-15-8-9-17(21)29-15)18(27)12-25-13-22-19-16(20(25)28)10-23-26(19)14-6-4-3-5-7-14/h3-10,13H,2,11-12H2,1H3. The molecule has 0 unspecified atom stereocenters. The number of nitrogens with zero attached hydrogens (tertiary/aromatic N) is 5. The predicted octanol–water partition coefficient (Wildman–Crippen LogP) is 3.45. The second-order valence-electron chi connectivity index (χ2n) is 6.42. The maximum Gasteiger partial charge on any atom is 0.264 e. The number of rotatable bonds is 6. The third-order valence-electron chi connectivity index (χ3n) is 4.57. The van der Waals surface area contributed by atoms with E-state index in [1.807, 2.05) is 49.4 Å². The molecule has 148 valence electrons. The average Bonchev–Trinajstić information content (AvgIpc) is 3.35. The Labute approximate surface area is 179 Å². The lowest BCUT2D eigenvalue weighted by molar-refractivity contribution is -0.132. The third kappa shape index (κ3) is 4.01. The first-order chi connectivity index (χ1) is 14.1. The van der Waals surface area contributed by atoms with E-state index in [-0.39, 0.29) is 18.0 Å². The van der Waals surface area contributed by atoms with Gasteiger partial charge in [0.05, 0.1) is 22.2 Å². The van der Waals surface area contributed by atoms with Crippen molar-refractivity contribution < 1.29 is 4.79 Å². The summed E-state index contributed by atoms with van der Waals surface area (Å²) in [6, 6.07) is 13.4. The molecule has 0 saturated carbocycles. The summed E-state index contributed by atoms with van der Waals surface area (Å²) < 4.78 is 3.99. The van der Waals surface area contributed by atoms with Gasteiger partial charge in [0, 0.05) is 11.4 Å². The normalized spacial score (nSPS) is 11.1. The van der Waals surface area contributed by atoms with Crippen molar-refractivity contribution in [2.45, 2.75) is 20.0 Å². The van der Waals surface area contributed by atoms with Crippen LogP contribution >= 0.6 is 27.3 Å². The lowest BCUT2D eigenvalue weighted by atomic mass is 10.3. The van der Waals surface area contributed by atoms with Gasteiger partial charge in [0.25, 0.3) is 5.56 Å². The van der Waals surface area contributed by atoms with Gasteiger partial charge in [-0.25, -0.2) is 9.67 Å². The van der Waals surface area contributed by atoms with Crippen molar-refractivity contribution in [3.8, 4) is 5.69 Å². The summed E-state index contributed by atoms with van der Waals surface area (Å²) in [4.78, 5) is 32.9. The molecule has 0 N–H and O–H groups in total. The summed E-state index contributed by atoms with van der Waals surface area (Å²) in [7, 11) is 0. The maximum absolute atomic E-state index is 12.9. The van der Waals surface area contributed by atoms with E-state index in [4.69, 9.17) is 0 Å². The second kappa shape index (κ2) is 8.30. The van der Waals surface area contributed by atoms with E-state index in [9.17, 15) is 9.59 Å². The predicted molar refractivity (Wildman–Crippen MR) is 116 cm³/mol. The molecule has 29 heavy (non-hydrogen) atoms. The highest BCUT2D eigenvalue weighted by molar-refractivity contribution is 9.11. The summed E-state index contributed by atoms with van der Waals surface area (Å²) in [5.74, 6) is -0.129. The van der Waals surface area contributed by atoms with Gasteiger partial charge in [-0.15, -0.1) is 11.3 Å². The first-order valence-electron chi connectivity index (χ1n) is 9.07. The largest absolute Gasteiger partial charge is 0.336 e. The lowest BCUT2D eigenvalue weighted by Gasteiger charge is -2.20. The van der Waals surface area contributed by atoms with Crippen LogP contribution in [0.5, 0.6) is 0 Å². The number of halogens is 1. The summed E-state index contributed by atoms with van der Waals surface area (Å²) in [6.45, 7) is 2.94. The zero-order valence-corrected chi connectivity index (χ0v) is 18.1. The molecule has 0 fully saturated rings. The third-order valence-corrected chi connectivity index (χ3v) is 6.18. The fourth-order valence-corrected chi connectivity index (χ4v) is 4.57. The zero-order chi connectivity index (χ0) is 20.4. The fraction of sp³-hybridized carbons (Fsp3) is 0.200. The number of benzene rings is 1. The monoisotopic (exact) mass is 471 g/mol. The number of carbonyl (C=O) groups excluding carboxylic acids is 1. The summed E-state index contributed by atoms with van der Waals surface area (Å²) in [6.07, 6.45) is 2.92. The van der Waals surface area contributed by atoms with Crippen molar-refractivity contribution in [2.75, 3.05) is 6.54 Å². The minimum atomic E-state index is -0.277. The number of likely N-dealkylation sites (N-methyl/N-ethyl adjacent to an activating group) is 1. The van der Waals surface area contributed by atoms with Crippen molar-refractivity contribution in [3.63, 3.8) is 0 Å². The first-order valence-corrected chi connectivity index (χ1v) is 10.7. The Morgan fingerprint density at radius 3 is 2.69 bits per heavy atom. The highest BCUT2D eigenvalue weighted by Gasteiger charge is 2.17. The smallest absolute Gasteiger partial charge is 0.264 e. The Morgan fingerprint density at radius 2 is 2.00 bits per heavy atom. The molecule has 4 rings (SSSR count). The molecule has 0 aliphatic heterocycles. The highest BCUT2D eigenvalue weighted by Crippen LogP contribution is 2.23. The number of hydrogen-bond donors (Lipinski definition) is 0. The van der Waals surface area contributed by atoms with Gasteiger partial charge in [-0.2, -0.15) is 5.10 Å². The molecule has 0 saturated heterocycles. The Bertz CT molecular complexity index is 1210. The van der Waals surface area contributed by atoms with Crippen molar-refractivity contribution in [1.29, 1.82) is 0 Å². The van der Waals surface area contributed by atoms with Crippen LogP contribution < -0.4 is 5.56 Å². The molecule has 0 aliphatic rings. The Balaban J connectivity index is 1.58. The molecule has 1 aromatic carbocycles. The molecule has 0 aliphatic carbocycles. The Kier molecular flexibility index (Phi) is 5.59. The second-order valence-corrected chi connectivity index (χ2v) is 8.97. The molecule has 0 radical (unpaired) electrons. The van der Waals surface area contributed by atoms with Gasteiger partial charge in [0.15, 0.2) is 5.65 Å². The van der Waals surface area contributed by atoms with E-state index in [0.717, 1.165) is 14.4 Å². The number of amides is 1. The molecule has 3 heterocycles. The Hall–Kier alpha value is -2.78. The molecule has 4 aromatic rings. The van der Waals surface area contributed by atoms with Crippen LogP contribution in [-0.4, -0.2) is 36.7 Å². The number of hydrogen-bond acceptors (Lipinski definition) is 5. The van der Waals surface area contributed by atoms with Crippen LogP contribution in [0.3, 0.4) is 0 Å². The number of fused-ring (bicyclic) bond motifs is 1. The summed E-state index contributed by atoms with van der Waals surface area (Å²) in [5, 5.41) is 4.68. The van der Waals surface area contributed by atoms with Crippen LogP contribution in [0.4, 0.5) is 0 Å². The number of thiophene rings is 1. The van der Waals surface area contributed by atoms with E-state index in [1.54, 1.807) is 20.9 Å². The van der Waals surface area contributed by atoms with Crippen LogP contribution in [0.25, 0.3) is 16.7 Å². The van der Waals surface area contributed by atoms with E-state index < -0.39 is 0 Å². The SMILES string of the molecule is CCN(Cc1ccc(Br)s1)C(=O)Cn1cnc2c(cnn2-c2ccccc2)c1=O. The number of para-hydroxylation sites is 1. The van der Waals surface area contributed by atoms with E-state index >= 15 is 0 Å². The average molecular weight is 472 g/mol. The topological polar surface area (TPSA) is 73.0 Å². The molecular weight excluding hydrogens is 454 g/mol. The van der Waals surface area contributed by atoms with Gasteiger partial charge >= 0.3 is 0 Å². The highest BCUT2D eigenvalue weighted by atomic mass is 79.9. The molecule has 9 heteroatoms. The van der Waals surface area contributed by atoms with Crippen molar-refractivity contribution >= 4 is 44.2 Å². The minimum Gasteiger partial charge on any atom is -0.336 e. The fourth-order valence-electron chi connectivity index (χ4n) is 3.07. The minimum absolute atomic E-state index is 0.0569. The van der Waals surface area contributed by atoms with Gasteiger partial charge in [0.1, 0.15) is 18.3 Å². The van der Waals surface area contributed by atoms with Crippen molar-refractivity contribution in [2.24, 2.45) is 0 Å². The van der Waals surface area contributed by atoms with Crippen LogP contribution in [0.2, 0.25) is 0 Å². The molecular formula is C20H18BrN5O2S. The first kappa shape index (κ1) is 19.5. The molecule has 7 nitrogen and oxygen atoms in total. The van der Waals surface area contributed by atoms with Crippen LogP contribution in [-0.2, 0) is 17.9 Å². The van der Waals surface area contributed by atoms with Gasteiger partial charge in [-0.1, -0.05) is 18.2 Å². The van der Waals surface area contributed by atoms with Gasteiger partial charge in [-0.3, -0.25) is 14.2 Å². The van der Waals surface area contributed by atoms with E-state index in [0.29, 0.717) is 24.1 Å². The molecule has 3 aromatic heterocycles. The van der Waals surface area contributed by atoms with E-state index in [1.165, 1.54) is 17.1 Å². The van der Waals surface area contributed by atoms with Crippen LogP contribution in [0.1, 0.15) is 11.8 Å². The van der Waals surface area contributed by atoms with E-state index in [2.05, 4.69) is 26.0 Å². The van der Waals surface area contributed by atoms with Crippen molar-refractivity contribution in [3.05, 3.63) is 74.0 Å². The summed E-state index contributed by atoms with van der Waals surface area (Å²) >= 11 is 5.03. The van der Waals surface area contributed by atoms with Crippen LogP contribution in [0.15, 0.2) is 63.6 Å². The zero-order valence-electron chi connectivity index (χ0n) is 15.7. The summed E-state index contributed by atoms with van der Waals surface area (Å²) in [5.41, 5.74) is 1.02. The van der Waals surface area contributed by atoms with Crippen molar-refractivity contribution in [1.82, 2.24) is 24.2 Å². The van der Waals surface area contributed by atoms with Gasteiger partial charge in [0.2, 0.25) is 5.91 Å². The number of aromatic nitrogens is 4. The molecule has 1 amide bonds. The van der Waals surface area contributed by atoms with Gasteiger partial charge < -0.3 is 4.90 Å². The Morgan fingerprint density at radius 1 is 1.21 bits per heavy atom. The molecule has 0 bridgehead atoms. The quantitative estimate of drug-likeness (QED) is 0.431. The molecule has 0 atom stereocenters. The molecule has 0 spiro atoms. The van der Waals surface area contributed by atoms with Gasteiger partial charge in [-0.05, 0) is 47.1 Å². The lowest BCUT2D eigenvalue weighted by Crippen LogP contribution is -2.36. The number of carbonyl (C=O) groups is 1. The van der Waals surface area contributed by atoms with Crippen LogP contribution in [0, 0.1) is 0 Å². The maximum atomic E-state index is 12.9.